The van der Waals surface area contributed by atoms with E-state index in [1.54, 1.807) is 53.4 Å². The summed E-state index contributed by atoms with van der Waals surface area (Å²) in [4.78, 5) is 40.2. The van der Waals surface area contributed by atoms with E-state index in [1.807, 2.05) is 6.07 Å². The van der Waals surface area contributed by atoms with E-state index in [2.05, 4.69) is 5.32 Å². The molecule has 2 amide bonds. The molecule has 2 N–H and O–H groups in total. The first kappa shape index (κ1) is 20.1. The lowest BCUT2D eigenvalue weighted by Gasteiger charge is -2.37. The summed E-state index contributed by atoms with van der Waals surface area (Å²) in [7, 11) is 0. The molecule has 0 bridgehead atoms. The molecule has 2 fully saturated rings. The van der Waals surface area contributed by atoms with Gasteiger partial charge in [0.2, 0.25) is 5.91 Å². The van der Waals surface area contributed by atoms with Crippen molar-refractivity contribution in [3.63, 3.8) is 0 Å². The van der Waals surface area contributed by atoms with E-state index in [9.17, 15) is 19.5 Å². The van der Waals surface area contributed by atoms with Crippen LogP contribution in [0.5, 0.6) is 5.75 Å². The van der Waals surface area contributed by atoms with Gasteiger partial charge in [-0.15, -0.1) is 0 Å². The van der Waals surface area contributed by atoms with Gasteiger partial charge in [0.1, 0.15) is 24.4 Å². The van der Waals surface area contributed by atoms with Crippen molar-refractivity contribution >= 4 is 17.6 Å². The van der Waals surface area contributed by atoms with Crippen LogP contribution in [-0.4, -0.2) is 58.9 Å². The van der Waals surface area contributed by atoms with E-state index in [1.165, 1.54) is 0 Å². The first-order chi connectivity index (χ1) is 14.5. The van der Waals surface area contributed by atoms with Crippen LogP contribution in [0.4, 0.5) is 0 Å². The molecule has 3 unspecified atom stereocenters. The Morgan fingerprint density at radius 1 is 1.13 bits per heavy atom. The molecule has 0 spiro atoms. The molecule has 30 heavy (non-hydrogen) atoms. The molecule has 2 saturated heterocycles. The second-order valence-corrected chi connectivity index (χ2v) is 7.70. The van der Waals surface area contributed by atoms with Crippen LogP contribution in [-0.2, 0) is 20.7 Å². The van der Waals surface area contributed by atoms with Crippen molar-refractivity contribution in [2.75, 3.05) is 13.2 Å². The van der Waals surface area contributed by atoms with Crippen LogP contribution in [0, 0.1) is 0 Å². The number of ether oxygens (including phenoxy) is 1. The molecule has 2 aliphatic rings. The SMILES string of the molecule is O=C(NC(Cc1ccc(O)cc1)C(=O)N1CCCC2OCC(=O)C21)c1ccccc1. The fourth-order valence-corrected chi connectivity index (χ4v) is 4.14. The van der Waals surface area contributed by atoms with Crippen molar-refractivity contribution in [2.24, 2.45) is 0 Å². The number of benzene rings is 2. The monoisotopic (exact) mass is 408 g/mol. The number of piperidine rings is 1. The van der Waals surface area contributed by atoms with Crippen molar-refractivity contribution in [1.29, 1.82) is 0 Å². The highest BCUT2D eigenvalue weighted by Gasteiger charge is 2.45. The average Bonchev–Trinajstić information content (AvgIpc) is 3.16. The fourth-order valence-electron chi connectivity index (χ4n) is 4.14. The third kappa shape index (κ3) is 4.21. The molecule has 0 aliphatic carbocycles. The van der Waals surface area contributed by atoms with Gasteiger partial charge in [-0.25, -0.2) is 0 Å². The van der Waals surface area contributed by atoms with Crippen molar-refractivity contribution < 1.29 is 24.2 Å². The molecule has 3 atom stereocenters. The number of rotatable bonds is 5. The Balaban J connectivity index is 1.58. The third-order valence-electron chi connectivity index (χ3n) is 5.64. The number of phenolic OH excluding ortho intramolecular Hbond substituents is 1. The number of phenols is 1. The lowest BCUT2D eigenvalue weighted by atomic mass is 9.95. The van der Waals surface area contributed by atoms with E-state index in [4.69, 9.17) is 4.74 Å². The number of fused-ring (bicyclic) bond motifs is 1. The predicted octanol–water partition coefficient (Wildman–Crippen LogP) is 1.69. The van der Waals surface area contributed by atoms with Crippen molar-refractivity contribution in [3.8, 4) is 5.75 Å². The standard InChI is InChI=1S/C23H24N2O5/c26-17-10-8-15(9-11-17)13-18(24-22(28)16-5-2-1-3-6-16)23(29)25-12-4-7-20-21(25)19(27)14-30-20/h1-3,5-6,8-11,18,20-21,26H,4,7,12-14H2,(H,24,28). The van der Waals surface area contributed by atoms with Crippen molar-refractivity contribution in [1.82, 2.24) is 10.2 Å². The first-order valence-corrected chi connectivity index (χ1v) is 10.1. The number of amides is 2. The Morgan fingerprint density at radius 3 is 2.60 bits per heavy atom. The van der Waals surface area contributed by atoms with Crippen molar-refractivity contribution in [2.45, 2.75) is 37.5 Å². The topological polar surface area (TPSA) is 95.9 Å². The van der Waals surface area contributed by atoms with Gasteiger partial charge < -0.3 is 20.1 Å². The summed E-state index contributed by atoms with van der Waals surface area (Å²) in [6, 6.07) is 13.8. The summed E-state index contributed by atoms with van der Waals surface area (Å²) in [5, 5.41) is 12.4. The Morgan fingerprint density at radius 2 is 1.87 bits per heavy atom. The molecular formula is C23H24N2O5. The highest BCUT2D eigenvalue weighted by Crippen LogP contribution is 2.27. The summed E-state index contributed by atoms with van der Waals surface area (Å²) in [6.07, 6.45) is 1.48. The molecule has 0 radical (unpaired) electrons. The molecule has 4 rings (SSSR count). The van der Waals surface area contributed by atoms with E-state index in [0.29, 0.717) is 12.1 Å². The largest absolute Gasteiger partial charge is 0.508 e. The molecular weight excluding hydrogens is 384 g/mol. The highest BCUT2D eigenvalue weighted by atomic mass is 16.5. The van der Waals surface area contributed by atoms with E-state index >= 15 is 0 Å². The van der Waals surface area contributed by atoms with Crippen LogP contribution in [0.1, 0.15) is 28.8 Å². The van der Waals surface area contributed by atoms with Crippen LogP contribution in [0.15, 0.2) is 54.6 Å². The summed E-state index contributed by atoms with van der Waals surface area (Å²) in [5.41, 5.74) is 1.25. The van der Waals surface area contributed by atoms with Crippen LogP contribution in [0.2, 0.25) is 0 Å². The fraction of sp³-hybridized carbons (Fsp3) is 0.348. The Kier molecular flexibility index (Phi) is 5.81. The summed E-state index contributed by atoms with van der Waals surface area (Å²) in [6.45, 7) is 0.487. The number of hydrogen-bond acceptors (Lipinski definition) is 5. The molecule has 7 heteroatoms. The number of ketones is 1. The number of nitrogens with one attached hydrogen (secondary N) is 1. The number of likely N-dealkylation sites (tertiary alicyclic amines) is 1. The van der Waals surface area contributed by atoms with Gasteiger partial charge >= 0.3 is 0 Å². The summed E-state index contributed by atoms with van der Waals surface area (Å²) in [5.74, 6) is -0.607. The Bertz CT molecular complexity index is 928. The normalized spacial score (nSPS) is 21.7. The number of hydrogen-bond donors (Lipinski definition) is 2. The number of carbonyl (C=O) groups excluding carboxylic acids is 3. The van der Waals surface area contributed by atoms with Gasteiger partial charge in [-0.1, -0.05) is 30.3 Å². The maximum absolute atomic E-state index is 13.5. The summed E-state index contributed by atoms with van der Waals surface area (Å²) < 4.78 is 5.55. The highest BCUT2D eigenvalue weighted by molar-refractivity contribution is 5.99. The minimum absolute atomic E-state index is 0.0259. The molecule has 156 valence electrons. The zero-order valence-electron chi connectivity index (χ0n) is 16.5. The van der Waals surface area contributed by atoms with Crippen LogP contribution in [0.25, 0.3) is 0 Å². The van der Waals surface area contributed by atoms with Crippen LogP contribution in [0.3, 0.4) is 0 Å². The Labute approximate surface area is 174 Å². The lowest BCUT2D eigenvalue weighted by Crippen LogP contribution is -2.58. The van der Waals surface area contributed by atoms with Gasteiger partial charge in [-0.2, -0.15) is 0 Å². The first-order valence-electron chi connectivity index (χ1n) is 10.1. The minimum Gasteiger partial charge on any atom is -0.508 e. The maximum atomic E-state index is 13.5. The maximum Gasteiger partial charge on any atom is 0.251 e. The third-order valence-corrected chi connectivity index (χ3v) is 5.64. The molecule has 2 aliphatic heterocycles. The molecule has 7 nitrogen and oxygen atoms in total. The van der Waals surface area contributed by atoms with Crippen LogP contribution < -0.4 is 5.32 Å². The second kappa shape index (κ2) is 8.67. The van der Waals surface area contributed by atoms with Gasteiger partial charge in [-0.3, -0.25) is 14.4 Å². The van der Waals surface area contributed by atoms with E-state index in [-0.39, 0.29) is 42.5 Å². The smallest absolute Gasteiger partial charge is 0.251 e. The van der Waals surface area contributed by atoms with Gasteiger partial charge in [0.15, 0.2) is 5.78 Å². The average molecular weight is 408 g/mol. The number of Topliss-reactive ketones (excluding diaryl/α,β-unsaturated/α-hetero) is 1. The lowest BCUT2D eigenvalue weighted by molar-refractivity contribution is -0.142. The quantitative estimate of drug-likeness (QED) is 0.785. The zero-order valence-corrected chi connectivity index (χ0v) is 16.5. The number of aromatic hydroxyl groups is 1. The summed E-state index contributed by atoms with van der Waals surface area (Å²) >= 11 is 0. The van der Waals surface area contributed by atoms with Gasteiger partial charge in [0, 0.05) is 18.5 Å². The molecule has 0 aromatic heterocycles. The second-order valence-electron chi connectivity index (χ2n) is 7.70. The number of nitrogens with zero attached hydrogens (tertiary/aromatic N) is 1. The van der Waals surface area contributed by atoms with Gasteiger partial charge in [0.05, 0.1) is 6.10 Å². The Hall–Kier alpha value is -3.19. The zero-order chi connectivity index (χ0) is 21.1. The molecule has 2 heterocycles. The van der Waals surface area contributed by atoms with Crippen molar-refractivity contribution in [3.05, 3.63) is 65.7 Å². The van der Waals surface area contributed by atoms with Crippen LogP contribution >= 0.6 is 0 Å². The predicted molar refractivity (Wildman–Crippen MR) is 109 cm³/mol. The molecule has 2 aromatic carbocycles. The molecule has 0 saturated carbocycles. The minimum atomic E-state index is -0.839. The van der Waals surface area contributed by atoms with E-state index in [0.717, 1.165) is 18.4 Å². The van der Waals surface area contributed by atoms with Gasteiger partial charge in [0.25, 0.3) is 5.91 Å². The molecule has 2 aromatic rings. The number of carbonyl (C=O) groups is 3. The van der Waals surface area contributed by atoms with E-state index < -0.39 is 12.1 Å². The van der Waals surface area contributed by atoms with Gasteiger partial charge in [-0.05, 0) is 42.7 Å².